The average molecular weight is 280 g/mol. The van der Waals surface area contributed by atoms with E-state index in [2.05, 4.69) is 25.1 Å². The Labute approximate surface area is 119 Å². The van der Waals surface area contributed by atoms with Gasteiger partial charge in [-0.2, -0.15) is 0 Å². The molecule has 2 atom stereocenters. The van der Waals surface area contributed by atoms with Gasteiger partial charge in [0.15, 0.2) is 5.96 Å². The fourth-order valence-corrected chi connectivity index (χ4v) is 2.50. The maximum absolute atomic E-state index is 5.88. The minimum atomic E-state index is 0.168. The molecule has 112 valence electrons. The topological polar surface area (TPSA) is 90.3 Å². The Hall–Kier alpha value is -1.63. The molecule has 0 bridgehead atoms. The summed E-state index contributed by atoms with van der Waals surface area (Å²) in [6, 6.07) is 0.168. The highest BCUT2D eigenvalue weighted by Crippen LogP contribution is 2.19. The Bertz CT molecular complexity index is 469. The van der Waals surface area contributed by atoms with Crippen molar-refractivity contribution < 1.29 is 4.74 Å². The molecule has 1 aliphatic heterocycles. The van der Waals surface area contributed by atoms with Crippen LogP contribution in [0, 0.1) is 12.8 Å². The lowest BCUT2D eigenvalue weighted by atomic mass is 9.99. The Morgan fingerprint density at radius 2 is 2.40 bits per heavy atom. The summed E-state index contributed by atoms with van der Waals surface area (Å²) in [5.74, 6) is 3.05. The predicted octanol–water partition coefficient (Wildman–Crippen LogP) is 0.0881. The molecule has 0 radical (unpaired) electrons. The molecule has 0 aliphatic carbocycles. The maximum atomic E-state index is 5.88. The van der Waals surface area contributed by atoms with Crippen molar-refractivity contribution in [1.82, 2.24) is 20.1 Å². The van der Waals surface area contributed by atoms with Crippen LogP contribution in [-0.4, -0.2) is 47.0 Å². The van der Waals surface area contributed by atoms with Gasteiger partial charge in [0, 0.05) is 32.7 Å². The van der Waals surface area contributed by atoms with Crippen LogP contribution in [0.2, 0.25) is 0 Å². The third kappa shape index (κ3) is 3.69. The zero-order valence-electron chi connectivity index (χ0n) is 12.5. The fourth-order valence-electron chi connectivity index (χ4n) is 2.50. The number of hydrogen-bond donors (Lipinski definition) is 2. The van der Waals surface area contributed by atoms with Gasteiger partial charge in [-0.15, -0.1) is 10.2 Å². The van der Waals surface area contributed by atoms with Crippen molar-refractivity contribution in [2.45, 2.75) is 39.3 Å². The highest BCUT2D eigenvalue weighted by atomic mass is 16.5. The number of fused-ring (bicyclic) bond motifs is 1. The minimum absolute atomic E-state index is 0.168. The highest BCUT2D eigenvalue weighted by Gasteiger charge is 2.21. The van der Waals surface area contributed by atoms with E-state index in [9.17, 15) is 0 Å². The Balaban J connectivity index is 1.84. The second-order valence-electron chi connectivity index (χ2n) is 5.41. The lowest BCUT2D eigenvalue weighted by molar-refractivity contribution is 0.179. The van der Waals surface area contributed by atoms with E-state index in [1.165, 1.54) is 0 Å². The predicted molar refractivity (Wildman–Crippen MR) is 77.5 cm³/mol. The van der Waals surface area contributed by atoms with Crippen LogP contribution in [0.5, 0.6) is 0 Å². The van der Waals surface area contributed by atoms with Crippen LogP contribution >= 0.6 is 0 Å². The van der Waals surface area contributed by atoms with Gasteiger partial charge in [0.1, 0.15) is 11.6 Å². The van der Waals surface area contributed by atoms with Gasteiger partial charge in [-0.1, -0.05) is 0 Å². The number of rotatable bonds is 5. The zero-order valence-corrected chi connectivity index (χ0v) is 12.5. The largest absolute Gasteiger partial charge is 0.383 e. The van der Waals surface area contributed by atoms with Gasteiger partial charge in [-0.05, 0) is 26.2 Å². The molecule has 0 aromatic carbocycles. The van der Waals surface area contributed by atoms with E-state index >= 15 is 0 Å². The first-order valence-electron chi connectivity index (χ1n) is 7.04. The second kappa shape index (κ2) is 6.69. The van der Waals surface area contributed by atoms with Crippen LogP contribution < -0.4 is 11.1 Å². The quantitative estimate of drug-likeness (QED) is 0.589. The molecule has 1 aromatic rings. The lowest BCUT2D eigenvalue weighted by Gasteiger charge is -2.22. The molecular formula is C13H24N6O. The Kier molecular flexibility index (Phi) is 4.94. The molecule has 2 heterocycles. The zero-order chi connectivity index (χ0) is 14.5. The Morgan fingerprint density at radius 3 is 3.15 bits per heavy atom. The van der Waals surface area contributed by atoms with Crippen molar-refractivity contribution in [3.8, 4) is 0 Å². The molecule has 0 saturated carbocycles. The van der Waals surface area contributed by atoms with Gasteiger partial charge in [0.25, 0.3) is 0 Å². The standard InChI is InChI=1S/C13H24N6O/c1-9(8-20-3)16-13(14)15-6-11-4-5-12-18-17-10(2)19(12)7-11/h9,11H,4-8H2,1-3H3,(H3,14,15,16). The molecule has 7 nitrogen and oxygen atoms in total. The van der Waals surface area contributed by atoms with E-state index < -0.39 is 0 Å². The van der Waals surface area contributed by atoms with Gasteiger partial charge >= 0.3 is 0 Å². The smallest absolute Gasteiger partial charge is 0.188 e. The summed E-state index contributed by atoms with van der Waals surface area (Å²) < 4.78 is 7.23. The van der Waals surface area contributed by atoms with E-state index in [0.29, 0.717) is 18.5 Å². The van der Waals surface area contributed by atoms with E-state index in [0.717, 1.165) is 37.6 Å². The van der Waals surface area contributed by atoms with E-state index in [-0.39, 0.29) is 6.04 Å². The summed E-state index contributed by atoms with van der Waals surface area (Å²) in [6.07, 6.45) is 2.05. The number of nitrogens with two attached hydrogens (primary N) is 1. The fraction of sp³-hybridized carbons (Fsp3) is 0.769. The molecule has 20 heavy (non-hydrogen) atoms. The molecule has 7 heteroatoms. The Morgan fingerprint density at radius 1 is 1.60 bits per heavy atom. The summed E-state index contributed by atoms with van der Waals surface area (Å²) in [5.41, 5.74) is 5.88. The highest BCUT2D eigenvalue weighted by molar-refractivity contribution is 5.78. The number of guanidine groups is 1. The number of hydrogen-bond acceptors (Lipinski definition) is 4. The average Bonchev–Trinajstić information content (AvgIpc) is 2.78. The number of aromatic nitrogens is 3. The van der Waals surface area contributed by atoms with E-state index in [1.807, 2.05) is 13.8 Å². The van der Waals surface area contributed by atoms with Crippen LogP contribution in [0.4, 0.5) is 0 Å². The van der Waals surface area contributed by atoms with E-state index in [1.54, 1.807) is 7.11 Å². The first-order valence-corrected chi connectivity index (χ1v) is 7.04. The number of ether oxygens (including phenoxy) is 1. The minimum Gasteiger partial charge on any atom is -0.383 e. The van der Waals surface area contributed by atoms with Crippen molar-refractivity contribution in [3.05, 3.63) is 11.6 Å². The molecule has 2 unspecified atom stereocenters. The molecule has 2 rings (SSSR count). The molecule has 0 amide bonds. The van der Waals surface area contributed by atoms with Crippen molar-refractivity contribution in [2.75, 3.05) is 20.3 Å². The van der Waals surface area contributed by atoms with Crippen molar-refractivity contribution >= 4 is 5.96 Å². The molecule has 0 fully saturated rings. The van der Waals surface area contributed by atoms with Crippen LogP contribution in [0.25, 0.3) is 0 Å². The summed E-state index contributed by atoms with van der Waals surface area (Å²) in [6.45, 7) is 6.28. The second-order valence-corrected chi connectivity index (χ2v) is 5.41. The van der Waals surface area contributed by atoms with Crippen molar-refractivity contribution in [1.29, 1.82) is 0 Å². The van der Waals surface area contributed by atoms with Gasteiger partial charge < -0.3 is 20.4 Å². The number of nitrogens with one attached hydrogen (secondary N) is 1. The molecule has 1 aliphatic rings. The molecule has 0 spiro atoms. The van der Waals surface area contributed by atoms with Crippen molar-refractivity contribution in [3.63, 3.8) is 0 Å². The summed E-state index contributed by atoms with van der Waals surface area (Å²) in [4.78, 5) is 4.43. The lowest BCUT2D eigenvalue weighted by Crippen LogP contribution is -2.41. The molecule has 3 N–H and O–H groups in total. The third-order valence-electron chi connectivity index (χ3n) is 3.56. The van der Waals surface area contributed by atoms with Crippen LogP contribution in [0.3, 0.4) is 0 Å². The number of aryl methyl sites for hydroxylation is 2. The summed E-state index contributed by atoms with van der Waals surface area (Å²) in [5, 5.41) is 11.4. The van der Waals surface area contributed by atoms with Gasteiger partial charge in [0.05, 0.1) is 6.61 Å². The van der Waals surface area contributed by atoms with Gasteiger partial charge in [-0.3, -0.25) is 4.99 Å². The van der Waals surface area contributed by atoms with Gasteiger partial charge in [0.2, 0.25) is 0 Å². The summed E-state index contributed by atoms with van der Waals surface area (Å²) in [7, 11) is 1.67. The first kappa shape index (κ1) is 14.8. The number of methoxy groups -OCH3 is 1. The van der Waals surface area contributed by atoms with Gasteiger partial charge in [-0.25, -0.2) is 0 Å². The molecule has 0 saturated heterocycles. The van der Waals surface area contributed by atoms with Crippen LogP contribution in [0.1, 0.15) is 25.0 Å². The third-order valence-corrected chi connectivity index (χ3v) is 3.56. The molecular weight excluding hydrogens is 256 g/mol. The monoisotopic (exact) mass is 280 g/mol. The number of aliphatic imine (C=N–C) groups is 1. The first-order chi connectivity index (χ1) is 9.60. The van der Waals surface area contributed by atoms with Crippen LogP contribution in [0.15, 0.2) is 4.99 Å². The van der Waals surface area contributed by atoms with Crippen LogP contribution in [-0.2, 0) is 17.7 Å². The molecule has 1 aromatic heterocycles. The summed E-state index contributed by atoms with van der Waals surface area (Å²) >= 11 is 0. The normalized spacial score (nSPS) is 20.6. The SMILES string of the molecule is COCC(C)NC(N)=NCC1CCc2nnc(C)n2C1. The van der Waals surface area contributed by atoms with Crippen molar-refractivity contribution in [2.24, 2.45) is 16.6 Å². The van der Waals surface area contributed by atoms with E-state index in [4.69, 9.17) is 10.5 Å². The maximum Gasteiger partial charge on any atom is 0.188 e. The number of nitrogens with zero attached hydrogens (tertiary/aromatic N) is 4.